The second kappa shape index (κ2) is 5.82. The summed E-state index contributed by atoms with van der Waals surface area (Å²) in [6.07, 6.45) is 6.34. The molecular weight excluding hydrogens is 220 g/mol. The predicted octanol–water partition coefficient (Wildman–Crippen LogP) is 0.932. The minimum absolute atomic E-state index is 0.0478. The smallest absolute Gasteiger partial charge is 0.311 e. The third kappa shape index (κ3) is 3.56. The lowest BCUT2D eigenvalue weighted by atomic mass is 10.1. The Bertz CT molecular complexity index is 370. The van der Waals surface area contributed by atoms with Gasteiger partial charge in [-0.1, -0.05) is 0 Å². The summed E-state index contributed by atoms with van der Waals surface area (Å²) in [5.41, 5.74) is 1.17. The highest BCUT2D eigenvalue weighted by Crippen LogP contribution is 2.14. The summed E-state index contributed by atoms with van der Waals surface area (Å²) in [7, 11) is 1.89. The fourth-order valence-corrected chi connectivity index (χ4v) is 1.89. The number of carbonyl (C=O) groups is 1. The van der Waals surface area contributed by atoms with Gasteiger partial charge in [-0.15, -0.1) is 0 Å². The zero-order valence-electron chi connectivity index (χ0n) is 10.1. The van der Waals surface area contributed by atoms with E-state index < -0.39 is 0 Å². The van der Waals surface area contributed by atoms with Crippen molar-refractivity contribution in [2.24, 2.45) is 13.0 Å². The van der Waals surface area contributed by atoms with Gasteiger partial charge in [0.05, 0.1) is 25.3 Å². The molecule has 1 atom stereocenters. The van der Waals surface area contributed by atoms with Crippen LogP contribution >= 0.6 is 0 Å². The average Bonchev–Trinajstić information content (AvgIpc) is 2.95. The molecule has 1 aromatic heterocycles. The van der Waals surface area contributed by atoms with Gasteiger partial charge in [-0.3, -0.25) is 9.48 Å². The molecule has 1 aromatic rings. The molecule has 0 aliphatic carbocycles. The van der Waals surface area contributed by atoms with Crippen LogP contribution in [0.1, 0.15) is 18.4 Å². The Kier molecular flexibility index (Phi) is 4.14. The second-order valence-corrected chi connectivity index (χ2v) is 4.35. The highest BCUT2D eigenvalue weighted by Gasteiger charge is 2.24. The van der Waals surface area contributed by atoms with Crippen molar-refractivity contribution in [1.29, 1.82) is 0 Å². The van der Waals surface area contributed by atoms with Gasteiger partial charge in [-0.2, -0.15) is 5.10 Å². The first-order chi connectivity index (χ1) is 8.25. The largest absolute Gasteiger partial charge is 0.465 e. The topological polar surface area (TPSA) is 53.4 Å². The molecule has 17 heavy (non-hydrogen) atoms. The fraction of sp³-hybridized carbons (Fsp3) is 0.667. The van der Waals surface area contributed by atoms with Crippen molar-refractivity contribution >= 4 is 5.97 Å². The first kappa shape index (κ1) is 12.1. The molecule has 0 bridgehead atoms. The fourth-order valence-electron chi connectivity index (χ4n) is 1.89. The first-order valence-electron chi connectivity index (χ1n) is 5.97. The van der Waals surface area contributed by atoms with E-state index in [-0.39, 0.29) is 11.9 Å². The number of ether oxygens (including phenoxy) is 2. The van der Waals surface area contributed by atoms with Crippen molar-refractivity contribution in [2.75, 3.05) is 19.8 Å². The Morgan fingerprint density at radius 3 is 3.24 bits per heavy atom. The number of hydrogen-bond acceptors (Lipinski definition) is 4. The Balaban J connectivity index is 1.61. The van der Waals surface area contributed by atoms with Gasteiger partial charge in [0.2, 0.25) is 0 Å². The van der Waals surface area contributed by atoms with Crippen molar-refractivity contribution in [3.05, 3.63) is 18.0 Å². The zero-order valence-corrected chi connectivity index (χ0v) is 10.1. The molecule has 0 N–H and O–H groups in total. The molecule has 0 unspecified atom stereocenters. The number of esters is 1. The quantitative estimate of drug-likeness (QED) is 0.565. The Hall–Kier alpha value is -1.36. The van der Waals surface area contributed by atoms with E-state index in [0.717, 1.165) is 19.3 Å². The number of aryl methyl sites for hydroxylation is 2. The standard InChI is InChI=1S/C12H18N2O3/c1-14-8-10(7-13-14)3-2-5-17-12(15)11-4-6-16-9-11/h7-8,11H,2-6,9H2,1H3/t11-/m0/s1. The Morgan fingerprint density at radius 1 is 1.71 bits per heavy atom. The Morgan fingerprint density at radius 2 is 2.59 bits per heavy atom. The SMILES string of the molecule is Cn1cc(CCCOC(=O)[C@H]2CCOC2)cn1. The van der Waals surface area contributed by atoms with Crippen molar-refractivity contribution in [2.45, 2.75) is 19.3 Å². The summed E-state index contributed by atoms with van der Waals surface area (Å²) < 4.78 is 12.1. The summed E-state index contributed by atoms with van der Waals surface area (Å²) in [6, 6.07) is 0. The molecule has 0 aromatic carbocycles. The van der Waals surface area contributed by atoms with Crippen LogP contribution in [0, 0.1) is 5.92 Å². The van der Waals surface area contributed by atoms with Gasteiger partial charge in [-0.05, 0) is 24.8 Å². The van der Waals surface area contributed by atoms with E-state index >= 15 is 0 Å². The van der Waals surface area contributed by atoms with Crippen molar-refractivity contribution < 1.29 is 14.3 Å². The summed E-state index contributed by atoms with van der Waals surface area (Å²) in [4.78, 5) is 11.5. The highest BCUT2D eigenvalue weighted by atomic mass is 16.5. The molecule has 0 radical (unpaired) electrons. The second-order valence-electron chi connectivity index (χ2n) is 4.35. The van der Waals surface area contributed by atoms with Gasteiger partial charge in [0, 0.05) is 19.9 Å². The van der Waals surface area contributed by atoms with Crippen LogP contribution in [0.3, 0.4) is 0 Å². The van der Waals surface area contributed by atoms with E-state index in [9.17, 15) is 4.79 Å². The lowest BCUT2D eigenvalue weighted by molar-refractivity contribution is -0.148. The first-order valence-corrected chi connectivity index (χ1v) is 5.97. The van der Waals surface area contributed by atoms with E-state index in [4.69, 9.17) is 9.47 Å². The monoisotopic (exact) mass is 238 g/mol. The van der Waals surface area contributed by atoms with E-state index in [1.54, 1.807) is 4.68 Å². The van der Waals surface area contributed by atoms with Crippen LogP contribution in [0.15, 0.2) is 12.4 Å². The van der Waals surface area contributed by atoms with Crippen LogP contribution < -0.4 is 0 Å². The molecule has 5 heteroatoms. The van der Waals surface area contributed by atoms with Gasteiger partial charge in [0.15, 0.2) is 0 Å². The Labute approximate surface area is 101 Å². The molecule has 2 heterocycles. The molecule has 5 nitrogen and oxygen atoms in total. The zero-order chi connectivity index (χ0) is 12.1. The molecule has 2 rings (SSSR count). The van der Waals surface area contributed by atoms with E-state index in [0.29, 0.717) is 19.8 Å². The maximum atomic E-state index is 11.5. The normalized spacial score (nSPS) is 19.5. The number of carbonyl (C=O) groups excluding carboxylic acids is 1. The van der Waals surface area contributed by atoms with Gasteiger partial charge < -0.3 is 9.47 Å². The summed E-state index contributed by atoms with van der Waals surface area (Å²) in [5.74, 6) is -0.165. The number of nitrogens with zero attached hydrogens (tertiary/aromatic N) is 2. The minimum Gasteiger partial charge on any atom is -0.465 e. The summed E-state index contributed by atoms with van der Waals surface area (Å²) in [5, 5.41) is 4.09. The molecule has 1 aliphatic rings. The van der Waals surface area contributed by atoms with Crippen LogP contribution in [0.4, 0.5) is 0 Å². The molecular formula is C12H18N2O3. The lowest BCUT2D eigenvalue weighted by Crippen LogP contribution is -2.18. The van der Waals surface area contributed by atoms with Gasteiger partial charge in [0.25, 0.3) is 0 Å². The third-order valence-corrected chi connectivity index (χ3v) is 2.88. The van der Waals surface area contributed by atoms with Crippen LogP contribution in [-0.2, 0) is 27.7 Å². The van der Waals surface area contributed by atoms with E-state index in [1.807, 2.05) is 19.4 Å². The third-order valence-electron chi connectivity index (χ3n) is 2.88. The van der Waals surface area contributed by atoms with Crippen LogP contribution in [-0.4, -0.2) is 35.6 Å². The van der Waals surface area contributed by atoms with Gasteiger partial charge in [-0.25, -0.2) is 0 Å². The number of aromatic nitrogens is 2. The molecule has 94 valence electrons. The van der Waals surface area contributed by atoms with Gasteiger partial charge in [0.1, 0.15) is 0 Å². The maximum absolute atomic E-state index is 11.5. The van der Waals surface area contributed by atoms with E-state index in [2.05, 4.69) is 5.10 Å². The molecule has 0 amide bonds. The molecule has 0 spiro atoms. The predicted molar refractivity (Wildman–Crippen MR) is 61.4 cm³/mol. The van der Waals surface area contributed by atoms with E-state index in [1.165, 1.54) is 5.56 Å². The molecule has 1 saturated heterocycles. The van der Waals surface area contributed by atoms with Crippen LogP contribution in [0.5, 0.6) is 0 Å². The lowest BCUT2D eigenvalue weighted by Gasteiger charge is -2.07. The van der Waals surface area contributed by atoms with Crippen molar-refractivity contribution in [3.8, 4) is 0 Å². The van der Waals surface area contributed by atoms with Crippen LogP contribution in [0.25, 0.3) is 0 Å². The van der Waals surface area contributed by atoms with Crippen molar-refractivity contribution in [1.82, 2.24) is 9.78 Å². The average molecular weight is 238 g/mol. The minimum atomic E-state index is -0.117. The van der Waals surface area contributed by atoms with Gasteiger partial charge >= 0.3 is 5.97 Å². The summed E-state index contributed by atoms with van der Waals surface area (Å²) >= 11 is 0. The number of rotatable bonds is 5. The number of hydrogen-bond donors (Lipinski definition) is 0. The van der Waals surface area contributed by atoms with Crippen LogP contribution in [0.2, 0.25) is 0 Å². The van der Waals surface area contributed by atoms with Crippen molar-refractivity contribution in [3.63, 3.8) is 0 Å². The highest BCUT2D eigenvalue weighted by molar-refractivity contribution is 5.72. The summed E-state index contributed by atoms with van der Waals surface area (Å²) in [6.45, 7) is 1.67. The molecule has 1 fully saturated rings. The molecule has 0 saturated carbocycles. The molecule has 1 aliphatic heterocycles. The maximum Gasteiger partial charge on any atom is 0.311 e.